The summed E-state index contributed by atoms with van der Waals surface area (Å²) in [5, 5.41) is 17.9. The normalized spacial score (nSPS) is 11.3. The maximum absolute atomic E-state index is 12.4. The monoisotopic (exact) mass is 623 g/mol. The Balaban J connectivity index is 1.28. The summed E-state index contributed by atoms with van der Waals surface area (Å²) in [6.07, 6.45) is 1.22. The molecule has 8 heteroatoms. The first kappa shape index (κ1) is 27.6. The predicted molar refractivity (Wildman–Crippen MR) is 168 cm³/mol. The number of carboxylic acids is 1. The van der Waals surface area contributed by atoms with E-state index >= 15 is 0 Å². The van der Waals surface area contributed by atoms with Crippen LogP contribution in [-0.2, 0) is 20.1 Å². The van der Waals surface area contributed by atoms with E-state index in [-0.39, 0.29) is 12.3 Å². The fourth-order valence-corrected chi connectivity index (χ4v) is 5.75. The number of carbonyl (C=O) groups is 1. The molecule has 0 aliphatic rings. The number of aryl methyl sites for hydroxylation is 2. The third kappa shape index (κ3) is 5.37. The van der Waals surface area contributed by atoms with Crippen molar-refractivity contribution < 1.29 is 19.4 Å². The highest BCUT2D eigenvalue weighted by atomic mass is 79.9. The zero-order chi connectivity index (χ0) is 29.2. The van der Waals surface area contributed by atoms with Gasteiger partial charge in [0.05, 0.1) is 12.1 Å². The van der Waals surface area contributed by atoms with Crippen LogP contribution < -0.4 is 9.47 Å². The molecule has 4 aromatic carbocycles. The third-order valence-corrected chi connectivity index (χ3v) is 8.13. The molecular formula is C34H30BrN3O4. The molecule has 0 aliphatic heterocycles. The zero-order valence-electron chi connectivity index (χ0n) is 23.4. The zero-order valence-corrected chi connectivity index (χ0v) is 24.9. The van der Waals surface area contributed by atoms with Crippen LogP contribution in [0.25, 0.3) is 32.8 Å². The summed E-state index contributed by atoms with van der Waals surface area (Å²) in [4.78, 5) is 15.6. The van der Waals surface area contributed by atoms with Crippen LogP contribution >= 0.6 is 15.9 Å². The number of benzene rings is 4. The van der Waals surface area contributed by atoms with E-state index in [1.54, 1.807) is 0 Å². The van der Waals surface area contributed by atoms with Crippen LogP contribution in [0.15, 0.2) is 89.4 Å². The van der Waals surface area contributed by atoms with E-state index < -0.39 is 5.97 Å². The topological polar surface area (TPSA) is 89.4 Å². The van der Waals surface area contributed by atoms with E-state index in [4.69, 9.17) is 14.6 Å². The van der Waals surface area contributed by atoms with Crippen molar-refractivity contribution in [2.45, 2.75) is 26.4 Å². The van der Waals surface area contributed by atoms with Crippen LogP contribution in [0.5, 0.6) is 11.5 Å². The summed E-state index contributed by atoms with van der Waals surface area (Å²) >= 11 is 3.45. The molecule has 0 unspecified atom stereocenters. The molecule has 6 rings (SSSR count). The summed E-state index contributed by atoms with van der Waals surface area (Å²) in [6.45, 7) is 2.76. The molecule has 0 fully saturated rings. The van der Waals surface area contributed by atoms with Crippen molar-refractivity contribution in [3.63, 3.8) is 0 Å². The Hall–Kier alpha value is -4.56. The Morgan fingerprint density at radius 2 is 1.69 bits per heavy atom. The fraction of sp³-hybridized carbons (Fsp3) is 0.176. The van der Waals surface area contributed by atoms with Crippen molar-refractivity contribution >= 4 is 43.6 Å². The maximum Gasteiger partial charge on any atom is 0.352 e. The van der Waals surface area contributed by atoms with Gasteiger partial charge in [-0.1, -0.05) is 70.5 Å². The van der Waals surface area contributed by atoms with Gasteiger partial charge < -0.3 is 19.6 Å². The van der Waals surface area contributed by atoms with E-state index in [1.165, 1.54) is 0 Å². The number of aromatic nitrogens is 3. The molecule has 212 valence electrons. The molecular weight excluding hydrogens is 594 g/mol. The molecule has 2 N–H and O–H groups in total. The van der Waals surface area contributed by atoms with Gasteiger partial charge in [0.1, 0.15) is 29.5 Å². The van der Waals surface area contributed by atoms with E-state index in [2.05, 4.69) is 33.0 Å². The number of para-hydroxylation sites is 1. The number of rotatable bonds is 10. The molecule has 2 heterocycles. The average Bonchev–Trinajstić information content (AvgIpc) is 3.51. The summed E-state index contributed by atoms with van der Waals surface area (Å²) in [5.74, 6) is 0.591. The SMILES string of the molecule is Cc1c(-c2cccc3c(CCCOc4cccc5ccccc45)c(C(=O)O)[nH]c23)c(COc2ccc(Br)cc2)nn1C. The van der Waals surface area contributed by atoms with Crippen LogP contribution in [0.4, 0.5) is 0 Å². The lowest BCUT2D eigenvalue weighted by Crippen LogP contribution is -2.04. The van der Waals surface area contributed by atoms with Gasteiger partial charge in [-0.3, -0.25) is 4.68 Å². The molecule has 2 aromatic heterocycles. The van der Waals surface area contributed by atoms with Crippen molar-refractivity contribution in [1.82, 2.24) is 14.8 Å². The van der Waals surface area contributed by atoms with Crippen LogP contribution in [0.3, 0.4) is 0 Å². The van der Waals surface area contributed by atoms with Crippen molar-refractivity contribution in [2.24, 2.45) is 7.05 Å². The number of nitrogens with zero attached hydrogens (tertiary/aromatic N) is 2. The number of ether oxygens (including phenoxy) is 2. The maximum atomic E-state index is 12.4. The van der Waals surface area contributed by atoms with E-state index in [0.717, 1.165) is 65.7 Å². The molecule has 0 radical (unpaired) electrons. The molecule has 42 heavy (non-hydrogen) atoms. The lowest BCUT2D eigenvalue weighted by atomic mass is 9.98. The second-order valence-corrected chi connectivity index (χ2v) is 11.1. The Morgan fingerprint density at radius 3 is 2.50 bits per heavy atom. The van der Waals surface area contributed by atoms with Crippen molar-refractivity contribution in [2.75, 3.05) is 6.61 Å². The number of halogens is 1. The Kier molecular flexibility index (Phi) is 7.71. The largest absolute Gasteiger partial charge is 0.493 e. The predicted octanol–water partition coefficient (Wildman–Crippen LogP) is 8.08. The quantitative estimate of drug-likeness (QED) is 0.151. The first-order valence-electron chi connectivity index (χ1n) is 13.8. The minimum absolute atomic E-state index is 0.205. The minimum Gasteiger partial charge on any atom is -0.493 e. The van der Waals surface area contributed by atoms with E-state index in [1.807, 2.05) is 91.4 Å². The number of hydrogen-bond donors (Lipinski definition) is 2. The van der Waals surface area contributed by atoms with Gasteiger partial charge in [0.25, 0.3) is 0 Å². The smallest absolute Gasteiger partial charge is 0.352 e. The van der Waals surface area contributed by atoms with Gasteiger partial charge >= 0.3 is 5.97 Å². The highest BCUT2D eigenvalue weighted by Crippen LogP contribution is 2.36. The standard InChI is InChI=1S/C34H30BrN3O4/c1-21-31(29(37-38(21)2)20-42-24-17-15-23(35)16-18-24)28-12-6-11-26-27(33(34(39)40)36-32(26)28)13-7-19-41-30-14-5-9-22-8-3-4-10-25(22)30/h3-6,8-12,14-18,36H,7,13,19-20H2,1-2H3,(H,39,40). The summed E-state index contributed by atoms with van der Waals surface area (Å²) in [6, 6.07) is 27.8. The second kappa shape index (κ2) is 11.7. The van der Waals surface area contributed by atoms with Gasteiger partial charge in [-0.05, 0) is 61.0 Å². The van der Waals surface area contributed by atoms with Gasteiger partial charge in [-0.25, -0.2) is 4.79 Å². The first-order valence-corrected chi connectivity index (χ1v) is 14.6. The van der Waals surface area contributed by atoms with Crippen LogP contribution in [0.2, 0.25) is 0 Å². The highest BCUT2D eigenvalue weighted by Gasteiger charge is 2.23. The molecule has 0 aliphatic carbocycles. The molecule has 6 aromatic rings. The number of carboxylic acid groups (broad SMARTS) is 1. The molecule has 0 spiro atoms. The Bertz CT molecular complexity index is 1900. The lowest BCUT2D eigenvalue weighted by Gasteiger charge is -2.10. The van der Waals surface area contributed by atoms with Crippen molar-refractivity contribution in [1.29, 1.82) is 0 Å². The highest BCUT2D eigenvalue weighted by molar-refractivity contribution is 9.10. The summed E-state index contributed by atoms with van der Waals surface area (Å²) < 4.78 is 15.0. The molecule has 0 saturated carbocycles. The number of hydrogen-bond acceptors (Lipinski definition) is 4. The number of H-pyrrole nitrogens is 1. The average molecular weight is 625 g/mol. The van der Waals surface area contributed by atoms with E-state index in [0.29, 0.717) is 19.4 Å². The third-order valence-electron chi connectivity index (χ3n) is 7.60. The lowest BCUT2D eigenvalue weighted by molar-refractivity contribution is 0.0690. The van der Waals surface area contributed by atoms with Gasteiger partial charge in [-0.2, -0.15) is 5.10 Å². The number of fused-ring (bicyclic) bond motifs is 2. The van der Waals surface area contributed by atoms with Crippen LogP contribution in [0, 0.1) is 6.92 Å². The first-order chi connectivity index (χ1) is 20.4. The molecule has 0 saturated heterocycles. The molecule has 0 amide bonds. The minimum atomic E-state index is -0.983. The summed E-state index contributed by atoms with van der Waals surface area (Å²) in [7, 11) is 1.90. The van der Waals surface area contributed by atoms with E-state index in [9.17, 15) is 9.90 Å². The second-order valence-electron chi connectivity index (χ2n) is 10.2. The number of aromatic carboxylic acids is 1. The van der Waals surface area contributed by atoms with Crippen LogP contribution in [0.1, 0.15) is 33.9 Å². The molecule has 0 bridgehead atoms. The summed E-state index contributed by atoms with van der Waals surface area (Å²) in [5.41, 5.74) is 5.33. The van der Waals surface area contributed by atoms with Gasteiger partial charge in [0.15, 0.2) is 0 Å². The number of nitrogens with one attached hydrogen (secondary N) is 1. The molecule has 0 atom stereocenters. The Labute approximate surface area is 251 Å². The van der Waals surface area contributed by atoms with Crippen molar-refractivity contribution in [3.8, 4) is 22.6 Å². The Morgan fingerprint density at radius 1 is 0.952 bits per heavy atom. The number of aromatic amines is 1. The molecule has 7 nitrogen and oxygen atoms in total. The van der Waals surface area contributed by atoms with Crippen molar-refractivity contribution in [3.05, 3.63) is 112 Å². The van der Waals surface area contributed by atoms with Gasteiger partial charge in [-0.15, -0.1) is 0 Å². The fourth-order valence-electron chi connectivity index (χ4n) is 5.49. The van der Waals surface area contributed by atoms with Gasteiger partial charge in [0, 0.05) is 39.1 Å². The van der Waals surface area contributed by atoms with Gasteiger partial charge in [0.2, 0.25) is 0 Å². The van der Waals surface area contributed by atoms with Crippen LogP contribution in [-0.4, -0.2) is 32.4 Å².